The fourth-order valence-corrected chi connectivity index (χ4v) is 4.67. The lowest BCUT2D eigenvalue weighted by Gasteiger charge is -2.41. The minimum absolute atomic E-state index is 0.414. The molecule has 0 amide bonds. The first-order valence-electron chi connectivity index (χ1n) is 8.87. The number of fused-ring (bicyclic) bond motifs is 1. The lowest BCUT2D eigenvalue weighted by atomic mass is 9.68. The van der Waals surface area contributed by atoms with E-state index in [0.717, 1.165) is 19.3 Å². The summed E-state index contributed by atoms with van der Waals surface area (Å²) >= 11 is 0. The van der Waals surface area contributed by atoms with Gasteiger partial charge in [0.25, 0.3) is 0 Å². The Kier molecular flexibility index (Phi) is 4.40. The highest BCUT2D eigenvalue weighted by molar-refractivity contribution is 5.32. The molecule has 0 saturated heterocycles. The van der Waals surface area contributed by atoms with E-state index in [0.29, 0.717) is 17.8 Å². The smallest absolute Gasteiger partial charge is 0.0656 e. The SMILES string of the molecule is CC(C)C1CCCC(O)(CC2CCCc3ccccc32)C1. The number of hydrogen-bond acceptors (Lipinski definition) is 1. The number of aryl methyl sites for hydroxylation is 1. The Bertz CT molecular complexity index is 478. The highest BCUT2D eigenvalue weighted by Gasteiger charge is 2.38. The molecular formula is C20H30O. The van der Waals surface area contributed by atoms with Crippen molar-refractivity contribution in [1.29, 1.82) is 0 Å². The molecule has 2 aliphatic carbocycles. The number of aliphatic hydroxyl groups is 1. The largest absolute Gasteiger partial charge is 0.390 e. The quantitative estimate of drug-likeness (QED) is 0.822. The molecule has 1 saturated carbocycles. The summed E-state index contributed by atoms with van der Waals surface area (Å²) in [6, 6.07) is 8.90. The lowest BCUT2D eigenvalue weighted by molar-refractivity contribution is -0.0373. The number of rotatable bonds is 3. The summed E-state index contributed by atoms with van der Waals surface area (Å²) < 4.78 is 0. The summed E-state index contributed by atoms with van der Waals surface area (Å²) in [4.78, 5) is 0. The summed E-state index contributed by atoms with van der Waals surface area (Å²) in [6.07, 6.45) is 9.27. The second-order valence-corrected chi connectivity index (χ2v) is 7.82. The van der Waals surface area contributed by atoms with Gasteiger partial charge in [0.2, 0.25) is 0 Å². The average molecular weight is 286 g/mol. The van der Waals surface area contributed by atoms with Crippen molar-refractivity contribution in [2.45, 2.75) is 76.7 Å². The molecule has 1 aromatic carbocycles. The van der Waals surface area contributed by atoms with Crippen molar-refractivity contribution >= 4 is 0 Å². The van der Waals surface area contributed by atoms with E-state index in [4.69, 9.17) is 0 Å². The van der Waals surface area contributed by atoms with E-state index in [1.54, 1.807) is 0 Å². The summed E-state index contributed by atoms with van der Waals surface area (Å²) in [7, 11) is 0. The predicted molar refractivity (Wildman–Crippen MR) is 88.5 cm³/mol. The third kappa shape index (κ3) is 3.34. The Balaban J connectivity index is 1.74. The van der Waals surface area contributed by atoms with Crippen molar-refractivity contribution in [1.82, 2.24) is 0 Å². The van der Waals surface area contributed by atoms with E-state index in [9.17, 15) is 5.11 Å². The Labute approximate surface area is 129 Å². The van der Waals surface area contributed by atoms with E-state index in [1.165, 1.54) is 43.2 Å². The van der Waals surface area contributed by atoms with Gasteiger partial charge < -0.3 is 5.11 Å². The molecule has 2 aliphatic rings. The van der Waals surface area contributed by atoms with Gasteiger partial charge in [-0.1, -0.05) is 44.5 Å². The molecule has 0 heterocycles. The van der Waals surface area contributed by atoms with Crippen molar-refractivity contribution in [3.05, 3.63) is 35.4 Å². The third-order valence-electron chi connectivity index (χ3n) is 5.92. The Morgan fingerprint density at radius 1 is 1.19 bits per heavy atom. The third-order valence-corrected chi connectivity index (χ3v) is 5.92. The van der Waals surface area contributed by atoms with Crippen LogP contribution in [0, 0.1) is 11.8 Å². The maximum Gasteiger partial charge on any atom is 0.0656 e. The van der Waals surface area contributed by atoms with Gasteiger partial charge in [0.15, 0.2) is 0 Å². The van der Waals surface area contributed by atoms with Crippen molar-refractivity contribution < 1.29 is 5.11 Å². The first kappa shape index (κ1) is 15.1. The van der Waals surface area contributed by atoms with Crippen LogP contribution in [0.3, 0.4) is 0 Å². The van der Waals surface area contributed by atoms with Crippen LogP contribution in [-0.4, -0.2) is 10.7 Å². The predicted octanol–water partition coefficient (Wildman–Crippen LogP) is 5.07. The van der Waals surface area contributed by atoms with Crippen LogP contribution in [-0.2, 0) is 6.42 Å². The molecule has 3 rings (SSSR count). The molecule has 1 N–H and O–H groups in total. The van der Waals surface area contributed by atoms with E-state index < -0.39 is 5.60 Å². The zero-order valence-electron chi connectivity index (χ0n) is 13.6. The van der Waals surface area contributed by atoms with Crippen molar-refractivity contribution in [3.8, 4) is 0 Å². The summed E-state index contributed by atoms with van der Waals surface area (Å²) in [6.45, 7) is 4.62. The van der Waals surface area contributed by atoms with Crippen LogP contribution in [0.2, 0.25) is 0 Å². The van der Waals surface area contributed by atoms with Crippen molar-refractivity contribution in [2.24, 2.45) is 11.8 Å². The first-order valence-corrected chi connectivity index (χ1v) is 8.87. The highest BCUT2D eigenvalue weighted by atomic mass is 16.3. The molecule has 0 aliphatic heterocycles. The van der Waals surface area contributed by atoms with Gasteiger partial charge in [-0.2, -0.15) is 0 Å². The van der Waals surface area contributed by atoms with Crippen molar-refractivity contribution in [3.63, 3.8) is 0 Å². The van der Waals surface area contributed by atoms with Gasteiger partial charge in [0.1, 0.15) is 0 Å². The summed E-state index contributed by atoms with van der Waals surface area (Å²) in [5, 5.41) is 11.2. The Morgan fingerprint density at radius 2 is 2.00 bits per heavy atom. The monoisotopic (exact) mass is 286 g/mol. The Morgan fingerprint density at radius 3 is 2.81 bits per heavy atom. The lowest BCUT2D eigenvalue weighted by Crippen LogP contribution is -2.38. The molecular weight excluding hydrogens is 256 g/mol. The molecule has 1 heteroatoms. The van der Waals surface area contributed by atoms with Gasteiger partial charge in [-0.3, -0.25) is 0 Å². The average Bonchev–Trinajstić information content (AvgIpc) is 2.47. The van der Waals surface area contributed by atoms with Crippen LogP contribution in [0.1, 0.15) is 75.8 Å². The molecule has 0 bridgehead atoms. The highest BCUT2D eigenvalue weighted by Crippen LogP contribution is 2.44. The standard InChI is InChI=1S/C20H30O/c1-15(2)17-10-6-12-20(21,13-17)14-18-9-5-8-16-7-3-4-11-19(16)18/h3-4,7,11,15,17-18,21H,5-6,8-10,12-14H2,1-2H3. The van der Waals surface area contributed by atoms with Gasteiger partial charge in [-0.25, -0.2) is 0 Å². The fourth-order valence-electron chi connectivity index (χ4n) is 4.67. The van der Waals surface area contributed by atoms with Crippen molar-refractivity contribution in [2.75, 3.05) is 0 Å². The van der Waals surface area contributed by atoms with E-state index in [-0.39, 0.29) is 0 Å². The molecule has 1 fully saturated rings. The van der Waals surface area contributed by atoms with Crippen LogP contribution in [0.15, 0.2) is 24.3 Å². The van der Waals surface area contributed by atoms with Gasteiger partial charge in [0.05, 0.1) is 5.60 Å². The molecule has 3 atom stereocenters. The molecule has 1 aromatic rings. The molecule has 21 heavy (non-hydrogen) atoms. The van der Waals surface area contributed by atoms with E-state index in [2.05, 4.69) is 38.1 Å². The van der Waals surface area contributed by atoms with Gasteiger partial charge >= 0.3 is 0 Å². The molecule has 0 spiro atoms. The van der Waals surface area contributed by atoms with Crippen LogP contribution < -0.4 is 0 Å². The molecule has 0 radical (unpaired) electrons. The summed E-state index contributed by atoms with van der Waals surface area (Å²) in [5.74, 6) is 1.99. The van der Waals surface area contributed by atoms with Crippen LogP contribution in [0.4, 0.5) is 0 Å². The van der Waals surface area contributed by atoms with E-state index in [1.807, 2.05) is 0 Å². The van der Waals surface area contributed by atoms with Gasteiger partial charge in [-0.05, 0) is 73.8 Å². The zero-order chi connectivity index (χ0) is 14.9. The second kappa shape index (κ2) is 6.12. The zero-order valence-corrected chi connectivity index (χ0v) is 13.6. The van der Waals surface area contributed by atoms with Crippen LogP contribution >= 0.6 is 0 Å². The van der Waals surface area contributed by atoms with Gasteiger partial charge in [-0.15, -0.1) is 0 Å². The first-order chi connectivity index (χ1) is 10.1. The fraction of sp³-hybridized carbons (Fsp3) is 0.700. The van der Waals surface area contributed by atoms with Crippen LogP contribution in [0.5, 0.6) is 0 Å². The maximum atomic E-state index is 11.2. The normalized spacial score (nSPS) is 33.0. The number of hydrogen-bond donors (Lipinski definition) is 1. The molecule has 3 unspecified atom stereocenters. The van der Waals surface area contributed by atoms with E-state index >= 15 is 0 Å². The topological polar surface area (TPSA) is 20.2 Å². The summed E-state index contributed by atoms with van der Waals surface area (Å²) in [5.41, 5.74) is 2.62. The van der Waals surface area contributed by atoms with Gasteiger partial charge in [0, 0.05) is 0 Å². The van der Waals surface area contributed by atoms with Crippen LogP contribution in [0.25, 0.3) is 0 Å². The minimum atomic E-state index is -0.414. The maximum absolute atomic E-state index is 11.2. The minimum Gasteiger partial charge on any atom is -0.390 e. The Hall–Kier alpha value is -0.820. The molecule has 0 aromatic heterocycles. The second-order valence-electron chi connectivity index (χ2n) is 7.82. The molecule has 1 nitrogen and oxygen atoms in total. The molecule has 116 valence electrons. The number of benzene rings is 1.